The van der Waals surface area contributed by atoms with E-state index >= 15 is 0 Å². The molecule has 4 fully saturated rings. The molecule has 1 aromatic carbocycles. The summed E-state index contributed by atoms with van der Waals surface area (Å²) in [5.41, 5.74) is 0.284. The number of Topliss-reactive ketones (excluding diaryl/α,β-unsaturated/α-hetero) is 1. The van der Waals surface area contributed by atoms with Crippen molar-refractivity contribution in [3.05, 3.63) is 41.0 Å². The van der Waals surface area contributed by atoms with Crippen LogP contribution in [0.15, 0.2) is 35.4 Å². The maximum Gasteiger partial charge on any atom is 0.573 e. The molecule has 5 aliphatic rings. The molecule has 0 aromatic heterocycles. The number of carbonyl (C=O) groups excluding carboxylic acids is 2. The first-order chi connectivity index (χ1) is 28.1. The first-order valence-electron chi connectivity index (χ1n) is 22.7. The number of likely N-dealkylation sites (N-methyl/N-ethyl adjacent to an activating group) is 1. The Morgan fingerprint density at radius 1 is 0.918 bits per heavy atom. The maximum atomic E-state index is 14.3. The third-order valence-electron chi connectivity index (χ3n) is 17.3. The molecule has 0 heterocycles. The molecular weight excluding hydrogens is 786 g/mol. The van der Waals surface area contributed by atoms with Crippen LogP contribution in [0.4, 0.5) is 13.2 Å². The monoisotopic (exact) mass is 859 g/mol. The molecule has 1 aromatic rings. The Labute approximate surface area is 362 Å². The number of carbonyl (C=O) groups is 3. The summed E-state index contributed by atoms with van der Waals surface area (Å²) in [6.45, 7) is 21.1. The highest BCUT2D eigenvalue weighted by atomic mass is 19.4. The Kier molecular flexibility index (Phi) is 12.9. The molecule has 61 heavy (non-hydrogen) atoms. The maximum absolute atomic E-state index is 14.3. The lowest BCUT2D eigenvalue weighted by molar-refractivity contribution is -0.274. The number of carboxylic acid groups (broad SMARTS) is 1. The summed E-state index contributed by atoms with van der Waals surface area (Å²) in [4.78, 5) is 43.5. The van der Waals surface area contributed by atoms with Crippen LogP contribution in [0.25, 0.3) is 0 Å². The fourth-order valence-electron chi connectivity index (χ4n) is 14.0. The fraction of sp³-hybridized carbons (Fsp3) is 0.776. The first kappa shape index (κ1) is 47.5. The summed E-state index contributed by atoms with van der Waals surface area (Å²) in [6, 6.07) is 6.04. The van der Waals surface area contributed by atoms with Crippen molar-refractivity contribution in [2.75, 3.05) is 33.7 Å². The van der Waals surface area contributed by atoms with Gasteiger partial charge in [0.05, 0.1) is 17.9 Å². The first-order valence-corrected chi connectivity index (χ1v) is 22.7. The quantitative estimate of drug-likeness (QED) is 0.177. The molecule has 9 nitrogen and oxygen atoms in total. The molecule has 9 atom stereocenters. The van der Waals surface area contributed by atoms with E-state index in [4.69, 9.17) is 4.74 Å². The number of halogens is 3. The fourth-order valence-corrected chi connectivity index (χ4v) is 14.0. The molecule has 0 bridgehead atoms. The minimum Gasteiger partial charge on any atom is -0.481 e. The van der Waals surface area contributed by atoms with Crippen molar-refractivity contribution in [1.82, 2.24) is 9.80 Å². The second kappa shape index (κ2) is 16.5. The van der Waals surface area contributed by atoms with Crippen molar-refractivity contribution in [2.45, 2.75) is 152 Å². The molecular formula is C49H73F3N2O7. The molecule has 0 radical (unpaired) electrons. The minimum absolute atomic E-state index is 0.00112. The van der Waals surface area contributed by atoms with E-state index in [2.05, 4.69) is 58.1 Å². The molecule has 0 spiro atoms. The van der Waals surface area contributed by atoms with Crippen molar-refractivity contribution < 1.29 is 47.2 Å². The van der Waals surface area contributed by atoms with Gasteiger partial charge in [0.15, 0.2) is 5.78 Å². The van der Waals surface area contributed by atoms with Gasteiger partial charge in [-0.05, 0) is 142 Å². The predicted octanol–water partition coefficient (Wildman–Crippen LogP) is 9.70. The van der Waals surface area contributed by atoms with Crippen molar-refractivity contribution in [3.8, 4) is 5.75 Å². The molecule has 2 N–H and O–H groups in total. The number of carboxylic acids is 1. The minimum atomic E-state index is -4.80. The van der Waals surface area contributed by atoms with E-state index in [-0.39, 0.29) is 70.5 Å². The Balaban J connectivity index is 1.28. The number of hydrogen-bond donors (Lipinski definition) is 2. The summed E-state index contributed by atoms with van der Waals surface area (Å²) in [5, 5.41) is 22.3. The average Bonchev–Trinajstić information content (AvgIpc) is 3.44. The lowest BCUT2D eigenvalue weighted by Crippen LogP contribution is -2.66. The van der Waals surface area contributed by atoms with Gasteiger partial charge in [0, 0.05) is 43.4 Å². The second-order valence-electron chi connectivity index (χ2n) is 22.3. The summed E-state index contributed by atoms with van der Waals surface area (Å²) < 4.78 is 49.8. The number of nitrogens with zero attached hydrogens (tertiary/aromatic N) is 2. The van der Waals surface area contributed by atoms with Crippen LogP contribution >= 0.6 is 0 Å². The van der Waals surface area contributed by atoms with Gasteiger partial charge in [0.25, 0.3) is 0 Å². The number of alkyl halides is 3. The lowest BCUT2D eigenvalue weighted by atomic mass is 9.33. The Morgan fingerprint density at radius 3 is 2.23 bits per heavy atom. The van der Waals surface area contributed by atoms with Crippen LogP contribution in [-0.4, -0.2) is 90.0 Å². The van der Waals surface area contributed by atoms with Gasteiger partial charge in [-0.1, -0.05) is 66.2 Å². The van der Waals surface area contributed by atoms with Crippen LogP contribution in [0.2, 0.25) is 0 Å². The predicted molar refractivity (Wildman–Crippen MR) is 228 cm³/mol. The van der Waals surface area contributed by atoms with Gasteiger partial charge in [-0.15, -0.1) is 13.2 Å². The van der Waals surface area contributed by atoms with E-state index in [0.29, 0.717) is 43.5 Å². The van der Waals surface area contributed by atoms with Gasteiger partial charge in [-0.3, -0.25) is 19.3 Å². The van der Waals surface area contributed by atoms with Crippen LogP contribution in [0.1, 0.15) is 132 Å². The van der Waals surface area contributed by atoms with E-state index < -0.39 is 35.2 Å². The number of aliphatic hydroxyl groups is 1. The average molecular weight is 859 g/mol. The van der Waals surface area contributed by atoms with E-state index in [1.807, 2.05) is 19.0 Å². The number of rotatable bonds is 14. The number of allylic oxidation sites excluding steroid dienone is 1. The Morgan fingerprint density at radius 2 is 1.61 bits per heavy atom. The summed E-state index contributed by atoms with van der Waals surface area (Å²) >= 11 is 0. The molecule has 6 rings (SSSR count). The molecule has 5 aliphatic carbocycles. The standard InChI is InChI=1S/C49H73F3N2O7/c1-30(2)40-34(55)26-48(37(56)29-54(24-23-53(10)11)28-31-13-12-14-32(25-31)61-49(50,51)52)22-21-46(8)33(41(40)48)15-16-36-45(7)19-18-38(60-39(57)27-43(3,4)42(58)59)44(5,6)35(45)17-20-47(36,46)9/h12-14,25,30,33,35-38,56H,15-24,26-29H2,1-11H3,(H,58,59)/t33-,35+,36-,37+,38+,45+,46-,47-,48+/m1/s1. The van der Waals surface area contributed by atoms with Gasteiger partial charge in [-0.2, -0.15) is 0 Å². The molecule has 0 saturated heterocycles. The highest BCUT2D eigenvalue weighted by molar-refractivity contribution is 6.00. The third kappa shape index (κ3) is 8.56. The van der Waals surface area contributed by atoms with Crippen molar-refractivity contribution >= 4 is 17.7 Å². The summed E-state index contributed by atoms with van der Waals surface area (Å²) in [7, 11) is 3.94. The zero-order valence-corrected chi connectivity index (χ0v) is 38.6. The highest BCUT2D eigenvalue weighted by Crippen LogP contribution is 2.77. The van der Waals surface area contributed by atoms with Gasteiger partial charge in [0.1, 0.15) is 11.9 Å². The number of fused-ring (bicyclic) bond motifs is 7. The van der Waals surface area contributed by atoms with Crippen molar-refractivity contribution in [2.24, 2.45) is 56.2 Å². The molecule has 0 aliphatic heterocycles. The van der Waals surface area contributed by atoms with Crippen LogP contribution in [0.3, 0.4) is 0 Å². The second-order valence-corrected chi connectivity index (χ2v) is 22.3. The zero-order chi connectivity index (χ0) is 45.3. The van der Waals surface area contributed by atoms with E-state index in [1.165, 1.54) is 17.7 Å². The molecule has 12 heteroatoms. The van der Waals surface area contributed by atoms with Crippen LogP contribution in [0, 0.1) is 56.2 Å². The number of ketones is 1. The van der Waals surface area contributed by atoms with Gasteiger partial charge >= 0.3 is 18.3 Å². The number of ether oxygens (including phenoxy) is 2. The molecule has 0 unspecified atom stereocenters. The topological polar surface area (TPSA) is 117 Å². The Hall–Kier alpha value is -2.96. The van der Waals surface area contributed by atoms with E-state index in [1.54, 1.807) is 26.0 Å². The Bertz CT molecular complexity index is 1880. The van der Waals surface area contributed by atoms with Gasteiger partial charge in [-0.25, -0.2) is 0 Å². The largest absolute Gasteiger partial charge is 0.573 e. The number of benzene rings is 1. The molecule has 0 amide bonds. The smallest absolute Gasteiger partial charge is 0.481 e. The lowest BCUT2D eigenvalue weighted by Gasteiger charge is -2.72. The van der Waals surface area contributed by atoms with E-state index in [9.17, 15) is 37.8 Å². The van der Waals surface area contributed by atoms with Gasteiger partial charge < -0.3 is 24.6 Å². The van der Waals surface area contributed by atoms with Gasteiger partial charge in [0.2, 0.25) is 0 Å². The highest BCUT2D eigenvalue weighted by Gasteiger charge is 2.71. The zero-order valence-electron chi connectivity index (χ0n) is 38.6. The van der Waals surface area contributed by atoms with Crippen LogP contribution in [0.5, 0.6) is 5.75 Å². The molecule has 4 saturated carbocycles. The van der Waals surface area contributed by atoms with Crippen LogP contribution < -0.4 is 4.74 Å². The normalized spacial score (nSPS) is 34.2. The van der Waals surface area contributed by atoms with E-state index in [0.717, 1.165) is 50.5 Å². The number of esters is 1. The van der Waals surface area contributed by atoms with Crippen LogP contribution in [-0.2, 0) is 25.7 Å². The van der Waals surface area contributed by atoms with Crippen molar-refractivity contribution in [3.63, 3.8) is 0 Å². The summed E-state index contributed by atoms with van der Waals surface area (Å²) in [5.74, 6) is -0.800. The summed E-state index contributed by atoms with van der Waals surface area (Å²) in [6.07, 6.45) is 1.25. The molecule has 342 valence electrons. The number of aliphatic carboxylic acids is 1. The number of hydrogen-bond acceptors (Lipinski definition) is 8. The van der Waals surface area contributed by atoms with Crippen molar-refractivity contribution in [1.29, 1.82) is 0 Å². The number of aliphatic hydroxyl groups excluding tert-OH is 1. The SMILES string of the molecule is CC(C)C1=C2[C@H]3CC[C@@H]4[C@@]5(C)CC[C@H](OC(=O)CC(C)(C)C(=O)O)C(C)(C)[C@@H]5CC[C@@]4(C)[C@]3(C)CC[C@@]2([C@@H](O)CN(CCN(C)C)Cc2cccc(OC(F)(F)F)c2)CC1=O. The third-order valence-corrected chi connectivity index (χ3v) is 17.3.